The van der Waals surface area contributed by atoms with Crippen LogP contribution in [-0.4, -0.2) is 56.0 Å². The summed E-state index contributed by atoms with van der Waals surface area (Å²) >= 11 is 0. The van der Waals surface area contributed by atoms with Crippen molar-refractivity contribution in [1.82, 2.24) is 15.5 Å². The van der Waals surface area contributed by atoms with Crippen LogP contribution in [0.3, 0.4) is 0 Å². The molecule has 162 valence electrons. The number of aliphatic imine (C=N–C) groups is 1. The minimum absolute atomic E-state index is 0. The third-order valence-corrected chi connectivity index (χ3v) is 5.23. The maximum atomic E-state index is 12.6. The average molecular weight is 521 g/mol. The van der Waals surface area contributed by atoms with E-state index in [0.717, 1.165) is 25.1 Å². The van der Waals surface area contributed by atoms with Crippen molar-refractivity contribution < 1.29 is 4.79 Å². The van der Waals surface area contributed by atoms with E-state index < -0.39 is 0 Å². The van der Waals surface area contributed by atoms with Gasteiger partial charge in [-0.1, -0.05) is 48.5 Å². The summed E-state index contributed by atoms with van der Waals surface area (Å²) in [5.41, 5.74) is 2.38. The van der Waals surface area contributed by atoms with Crippen LogP contribution in [0.15, 0.2) is 65.7 Å². The summed E-state index contributed by atoms with van der Waals surface area (Å²) < 4.78 is 0. The zero-order valence-corrected chi connectivity index (χ0v) is 20.1. The van der Waals surface area contributed by atoms with Crippen LogP contribution in [0.2, 0.25) is 0 Å². The topological polar surface area (TPSA) is 60.0 Å². The molecule has 6 nitrogen and oxygen atoms in total. The lowest BCUT2D eigenvalue weighted by molar-refractivity contribution is -0.130. The van der Waals surface area contributed by atoms with Gasteiger partial charge < -0.3 is 20.4 Å². The van der Waals surface area contributed by atoms with Crippen molar-refractivity contribution in [2.75, 3.05) is 38.1 Å². The van der Waals surface area contributed by atoms with E-state index in [9.17, 15) is 4.79 Å². The van der Waals surface area contributed by atoms with Crippen LogP contribution in [0, 0.1) is 0 Å². The predicted octanol–water partition coefficient (Wildman–Crippen LogP) is 3.10. The molecule has 2 aromatic rings. The van der Waals surface area contributed by atoms with E-state index in [0.29, 0.717) is 25.1 Å². The number of guanidine groups is 1. The maximum Gasteiger partial charge on any atom is 0.242 e. The SMILES string of the molecule is CCN(Cc1ccccc1)C(=O)CNC(=NC)NC1CCN(c2ccccc2)C1.I. The number of hydrogen-bond donors (Lipinski definition) is 2. The smallest absolute Gasteiger partial charge is 0.242 e. The summed E-state index contributed by atoms with van der Waals surface area (Å²) in [5.74, 6) is 0.741. The average Bonchev–Trinajstić information content (AvgIpc) is 3.24. The number of nitrogens with one attached hydrogen (secondary N) is 2. The molecule has 1 unspecified atom stereocenters. The molecule has 1 aliphatic heterocycles. The molecule has 0 saturated carbocycles. The van der Waals surface area contributed by atoms with Gasteiger partial charge in [-0.2, -0.15) is 0 Å². The molecule has 0 aliphatic carbocycles. The van der Waals surface area contributed by atoms with Gasteiger partial charge in [-0.05, 0) is 31.0 Å². The third kappa shape index (κ3) is 6.90. The summed E-state index contributed by atoms with van der Waals surface area (Å²) in [5, 5.41) is 6.63. The van der Waals surface area contributed by atoms with Crippen LogP contribution in [-0.2, 0) is 11.3 Å². The highest BCUT2D eigenvalue weighted by Crippen LogP contribution is 2.19. The summed E-state index contributed by atoms with van der Waals surface area (Å²) in [6, 6.07) is 20.8. The lowest BCUT2D eigenvalue weighted by atomic mass is 10.2. The van der Waals surface area contributed by atoms with E-state index >= 15 is 0 Å². The molecule has 1 heterocycles. The van der Waals surface area contributed by atoms with Gasteiger partial charge in [0.2, 0.25) is 5.91 Å². The number of rotatable bonds is 7. The second-order valence-electron chi connectivity index (χ2n) is 7.23. The first-order valence-electron chi connectivity index (χ1n) is 10.3. The summed E-state index contributed by atoms with van der Waals surface area (Å²) in [6.45, 7) is 5.47. The minimum atomic E-state index is 0. The first kappa shape index (κ1) is 24.0. The van der Waals surface area contributed by atoms with Gasteiger partial charge in [0.05, 0.1) is 6.54 Å². The normalized spacial score (nSPS) is 16.0. The van der Waals surface area contributed by atoms with Gasteiger partial charge in [0.15, 0.2) is 5.96 Å². The number of hydrogen-bond acceptors (Lipinski definition) is 3. The Morgan fingerprint density at radius 1 is 1.13 bits per heavy atom. The van der Waals surface area contributed by atoms with Gasteiger partial charge in [0, 0.05) is 45.0 Å². The number of likely N-dealkylation sites (N-methyl/N-ethyl adjacent to an activating group) is 1. The number of para-hydroxylation sites is 1. The largest absolute Gasteiger partial charge is 0.369 e. The van der Waals surface area contributed by atoms with E-state index in [2.05, 4.69) is 44.8 Å². The standard InChI is InChI=1S/C23H31N5O.HI/c1-3-27(17-19-10-6-4-7-11-19)22(29)16-25-23(24-2)26-20-14-15-28(18-20)21-12-8-5-9-13-21;/h4-13,20H,3,14-18H2,1-2H3,(H2,24,25,26);1H. The van der Waals surface area contributed by atoms with Crippen LogP contribution in [0.25, 0.3) is 0 Å². The molecule has 3 rings (SSSR count). The van der Waals surface area contributed by atoms with Gasteiger partial charge in [0.25, 0.3) is 0 Å². The Balaban J connectivity index is 0.00000320. The summed E-state index contributed by atoms with van der Waals surface area (Å²) in [6.07, 6.45) is 1.04. The Hall–Kier alpha value is -2.29. The Bertz CT molecular complexity index is 800. The fourth-order valence-corrected chi connectivity index (χ4v) is 3.59. The Morgan fingerprint density at radius 2 is 1.80 bits per heavy atom. The first-order chi connectivity index (χ1) is 14.2. The van der Waals surface area contributed by atoms with Crippen LogP contribution in [0.4, 0.5) is 5.69 Å². The van der Waals surface area contributed by atoms with Crippen molar-refractivity contribution >= 4 is 41.5 Å². The Kier molecular flexibility index (Phi) is 9.93. The molecule has 0 spiro atoms. The second kappa shape index (κ2) is 12.4. The number of nitrogens with zero attached hydrogens (tertiary/aromatic N) is 3. The molecule has 1 aliphatic rings. The number of carbonyl (C=O) groups is 1. The molecule has 2 N–H and O–H groups in total. The monoisotopic (exact) mass is 521 g/mol. The van der Waals surface area contributed by atoms with Gasteiger partial charge in [0.1, 0.15) is 0 Å². The first-order valence-corrected chi connectivity index (χ1v) is 10.3. The summed E-state index contributed by atoms with van der Waals surface area (Å²) in [4.78, 5) is 21.2. The van der Waals surface area contributed by atoms with Crippen LogP contribution in [0.1, 0.15) is 18.9 Å². The summed E-state index contributed by atoms with van der Waals surface area (Å²) in [7, 11) is 1.74. The van der Waals surface area contributed by atoms with Crippen LogP contribution in [0.5, 0.6) is 0 Å². The van der Waals surface area contributed by atoms with Crippen molar-refractivity contribution in [3.63, 3.8) is 0 Å². The van der Waals surface area contributed by atoms with Crippen molar-refractivity contribution in [1.29, 1.82) is 0 Å². The zero-order valence-electron chi connectivity index (χ0n) is 17.8. The van der Waals surface area contributed by atoms with Gasteiger partial charge in [-0.25, -0.2) is 0 Å². The molecular formula is C23H32IN5O. The van der Waals surface area contributed by atoms with E-state index in [4.69, 9.17) is 0 Å². The molecule has 1 atom stereocenters. The second-order valence-corrected chi connectivity index (χ2v) is 7.23. The fraction of sp³-hybridized carbons (Fsp3) is 0.391. The maximum absolute atomic E-state index is 12.6. The molecule has 1 amide bonds. The highest BCUT2D eigenvalue weighted by molar-refractivity contribution is 14.0. The lowest BCUT2D eigenvalue weighted by Gasteiger charge is -2.23. The molecule has 0 radical (unpaired) electrons. The van der Waals surface area contributed by atoms with Crippen molar-refractivity contribution in [2.24, 2.45) is 4.99 Å². The van der Waals surface area contributed by atoms with Gasteiger partial charge in [-0.3, -0.25) is 9.79 Å². The van der Waals surface area contributed by atoms with E-state index in [1.54, 1.807) is 7.05 Å². The Morgan fingerprint density at radius 3 is 2.43 bits per heavy atom. The number of carbonyl (C=O) groups excluding carboxylic acids is 1. The van der Waals surface area contributed by atoms with E-state index in [1.807, 2.05) is 48.2 Å². The molecule has 0 bridgehead atoms. The predicted molar refractivity (Wildman–Crippen MR) is 135 cm³/mol. The molecule has 0 aromatic heterocycles. The number of amides is 1. The molecule has 30 heavy (non-hydrogen) atoms. The van der Waals surface area contributed by atoms with Gasteiger partial charge in [-0.15, -0.1) is 24.0 Å². The third-order valence-electron chi connectivity index (χ3n) is 5.23. The fourth-order valence-electron chi connectivity index (χ4n) is 3.59. The van der Waals surface area contributed by atoms with E-state index in [1.165, 1.54) is 5.69 Å². The van der Waals surface area contributed by atoms with Crippen LogP contribution >= 0.6 is 24.0 Å². The molecule has 1 saturated heterocycles. The molecule has 2 aromatic carbocycles. The van der Waals surface area contributed by atoms with Crippen molar-refractivity contribution in [2.45, 2.75) is 25.9 Å². The Labute approximate surface area is 196 Å². The quantitative estimate of drug-likeness (QED) is 0.334. The molecular weight excluding hydrogens is 489 g/mol. The van der Waals surface area contributed by atoms with Gasteiger partial charge >= 0.3 is 0 Å². The lowest BCUT2D eigenvalue weighted by Crippen LogP contribution is -2.48. The molecule has 1 fully saturated rings. The number of benzene rings is 2. The van der Waals surface area contributed by atoms with Crippen LogP contribution < -0.4 is 15.5 Å². The number of anilines is 1. The highest BCUT2D eigenvalue weighted by Gasteiger charge is 2.23. The zero-order chi connectivity index (χ0) is 20.5. The number of halogens is 1. The van der Waals surface area contributed by atoms with E-state index in [-0.39, 0.29) is 36.4 Å². The highest BCUT2D eigenvalue weighted by atomic mass is 127. The van der Waals surface area contributed by atoms with Crippen molar-refractivity contribution in [3.8, 4) is 0 Å². The van der Waals surface area contributed by atoms with Crippen molar-refractivity contribution in [3.05, 3.63) is 66.2 Å². The molecule has 7 heteroatoms. The minimum Gasteiger partial charge on any atom is -0.369 e.